The fraction of sp³-hybridized carbons (Fsp3) is 0.880. The molecule has 0 amide bonds. The molecular weight excluding hydrogens is 1080 g/mol. The molecule has 0 radical (unpaired) electrons. The third-order valence-corrected chi connectivity index (χ3v) is 15.7. The minimum Gasteiger partial charge on any atom is -0.458 e. The smallest absolute Gasteiger partial charge is 0.367 e. The Hall–Kier alpha value is -1.32. The van der Waals surface area contributed by atoms with Gasteiger partial charge in [0.05, 0.1) is 58.0 Å². The molecule has 0 heterocycles. The van der Waals surface area contributed by atoms with Crippen molar-refractivity contribution in [3.63, 3.8) is 0 Å². The van der Waals surface area contributed by atoms with Gasteiger partial charge in [-0.15, -0.1) is 0 Å². The van der Waals surface area contributed by atoms with Crippen LogP contribution in [0.4, 0.5) is 28.8 Å². The van der Waals surface area contributed by atoms with Crippen molar-refractivity contribution in [1.82, 2.24) is 0 Å². The van der Waals surface area contributed by atoms with Gasteiger partial charge in [0.1, 0.15) is 0 Å². The average Bonchev–Trinajstić information content (AvgIpc) is 3.26. The highest BCUT2D eigenvalue weighted by Gasteiger charge is 2.26. The molecule has 24 heteroatoms. The zero-order chi connectivity index (χ0) is 59.0. The standard InChI is InChI=1S/3C9H18O3S.2C8H16O3S.C7H14O3S/c1-5-12-8(11)13-9(3,4)6-7(2)10;1-5-12-9(11)13-8(4)6(2)7(3)10;1-3-5-8(6-7-10)13-9(11)12-4-2;1-4-11-7(10)12-8(2,3)5-6-9;1-4-11-8(10)12-7(3)6(2)5-9;1-4-10-7(9)11-6(3)5(2)8/h7,10H,5-6H2,1-4H3;6-8,10H,5H2,1-4H3;8,10H,3-7H2,1-2H3;9H,4-6H2,1-3H3;6-7,9H,4-5H2,1-3H3;5-6,8H,4H2,1-3H3. The second-order valence-corrected chi connectivity index (χ2v) is 25.8. The number of ether oxygens (including phenoxy) is 6. The van der Waals surface area contributed by atoms with Crippen LogP contribution in [0.5, 0.6) is 0 Å². The van der Waals surface area contributed by atoms with E-state index in [0.717, 1.165) is 71.7 Å². The predicted octanol–water partition coefficient (Wildman–Crippen LogP) is 12.7. The first-order chi connectivity index (χ1) is 34.3. The van der Waals surface area contributed by atoms with Crippen LogP contribution in [0.3, 0.4) is 0 Å². The highest BCUT2D eigenvalue weighted by molar-refractivity contribution is 8.15. The minimum atomic E-state index is -0.482. The molecule has 444 valence electrons. The molecule has 0 bridgehead atoms. The zero-order valence-electron chi connectivity index (χ0n) is 48.1. The Kier molecular flexibility index (Phi) is 60.9. The highest BCUT2D eigenvalue weighted by atomic mass is 32.2. The molecule has 6 N–H and O–H groups in total. The van der Waals surface area contributed by atoms with Gasteiger partial charge < -0.3 is 59.1 Å². The highest BCUT2D eigenvalue weighted by Crippen LogP contribution is 2.31. The Morgan fingerprint density at radius 1 is 0.446 bits per heavy atom. The van der Waals surface area contributed by atoms with Gasteiger partial charge in [-0.25, -0.2) is 28.8 Å². The molecule has 9 atom stereocenters. The number of thioether (sulfide) groups is 6. The molecule has 0 aliphatic carbocycles. The lowest BCUT2D eigenvalue weighted by Gasteiger charge is -2.23. The molecule has 0 aromatic rings. The number of carbonyl (C=O) groups is 6. The maximum atomic E-state index is 11.1. The first kappa shape index (κ1) is 84.0. The minimum absolute atomic E-state index is 0.0825. The summed E-state index contributed by atoms with van der Waals surface area (Å²) in [5, 5.41) is 52.3. The monoisotopic (exact) mass is 1180 g/mol. The third kappa shape index (κ3) is 59.9. The second-order valence-electron chi connectivity index (χ2n) is 17.4. The molecule has 18 nitrogen and oxygen atoms in total. The molecule has 0 fully saturated rings. The van der Waals surface area contributed by atoms with Crippen molar-refractivity contribution in [2.75, 3.05) is 59.5 Å². The van der Waals surface area contributed by atoms with E-state index in [0.29, 0.717) is 58.9 Å². The van der Waals surface area contributed by atoms with Crippen LogP contribution in [0.25, 0.3) is 0 Å². The summed E-state index contributed by atoms with van der Waals surface area (Å²) in [6.07, 6.45) is 2.55. The second kappa shape index (κ2) is 53.7. The van der Waals surface area contributed by atoms with E-state index in [-0.39, 0.29) is 94.0 Å². The predicted molar refractivity (Wildman–Crippen MR) is 311 cm³/mol. The maximum Gasteiger partial charge on any atom is 0.367 e. The van der Waals surface area contributed by atoms with Crippen LogP contribution >= 0.6 is 70.6 Å². The van der Waals surface area contributed by atoms with E-state index in [1.165, 1.54) is 11.8 Å². The van der Waals surface area contributed by atoms with Crippen molar-refractivity contribution >= 4 is 102 Å². The Morgan fingerprint density at radius 2 is 0.797 bits per heavy atom. The number of aliphatic hydroxyl groups is 6. The van der Waals surface area contributed by atoms with Gasteiger partial charge in [0.15, 0.2) is 0 Å². The molecule has 0 aromatic carbocycles. The molecule has 0 aliphatic rings. The van der Waals surface area contributed by atoms with Crippen molar-refractivity contribution in [2.24, 2.45) is 11.8 Å². The van der Waals surface area contributed by atoms with Gasteiger partial charge in [0.25, 0.3) is 0 Å². The number of carbonyl (C=O) groups excluding carboxylic acids is 6. The molecule has 0 aromatic heterocycles. The summed E-state index contributed by atoms with van der Waals surface area (Å²) in [7, 11) is 0. The van der Waals surface area contributed by atoms with E-state index < -0.39 is 18.3 Å². The molecule has 0 aliphatic heterocycles. The van der Waals surface area contributed by atoms with Crippen molar-refractivity contribution in [2.45, 2.75) is 212 Å². The molecule has 0 saturated heterocycles. The van der Waals surface area contributed by atoms with E-state index in [9.17, 15) is 33.9 Å². The summed E-state index contributed by atoms with van der Waals surface area (Å²) in [5.41, 5.74) is 0. The Balaban J connectivity index is -0.000000188. The van der Waals surface area contributed by atoms with Crippen LogP contribution in [-0.4, -0.2) is 171 Å². The van der Waals surface area contributed by atoms with E-state index in [2.05, 4.69) is 11.7 Å². The number of rotatable bonds is 25. The van der Waals surface area contributed by atoms with E-state index in [1.807, 2.05) is 55.4 Å². The van der Waals surface area contributed by atoms with Gasteiger partial charge in [-0.05, 0) is 170 Å². The van der Waals surface area contributed by atoms with Crippen LogP contribution in [0.2, 0.25) is 0 Å². The van der Waals surface area contributed by atoms with E-state index in [1.54, 1.807) is 69.2 Å². The number of aliphatic hydroxyl groups excluding tert-OH is 6. The van der Waals surface area contributed by atoms with Gasteiger partial charge in [-0.3, -0.25) is 0 Å². The Morgan fingerprint density at radius 3 is 1.11 bits per heavy atom. The molecule has 0 saturated carbocycles. The van der Waals surface area contributed by atoms with Crippen LogP contribution in [0.1, 0.15) is 164 Å². The fourth-order valence-electron chi connectivity index (χ4n) is 4.61. The van der Waals surface area contributed by atoms with Crippen LogP contribution in [0.15, 0.2) is 0 Å². The van der Waals surface area contributed by atoms with Crippen molar-refractivity contribution < 1.29 is 87.8 Å². The molecule has 0 spiro atoms. The largest absolute Gasteiger partial charge is 0.458 e. The fourth-order valence-corrected chi connectivity index (χ4v) is 9.84. The van der Waals surface area contributed by atoms with Crippen LogP contribution in [-0.2, 0) is 28.4 Å². The Labute approximate surface area is 471 Å². The van der Waals surface area contributed by atoms with Gasteiger partial charge in [0, 0.05) is 50.3 Å². The maximum absolute atomic E-state index is 11.1. The van der Waals surface area contributed by atoms with E-state index in [4.69, 9.17) is 49.2 Å². The lowest BCUT2D eigenvalue weighted by molar-refractivity contribution is 0.135. The van der Waals surface area contributed by atoms with Crippen molar-refractivity contribution in [3.05, 3.63) is 0 Å². The zero-order valence-corrected chi connectivity index (χ0v) is 53.0. The molecular formula is C50H100O18S6. The number of hydrogen-bond acceptors (Lipinski definition) is 24. The molecule has 74 heavy (non-hydrogen) atoms. The lowest BCUT2D eigenvalue weighted by atomic mass is 10.0. The van der Waals surface area contributed by atoms with Gasteiger partial charge in [-0.1, -0.05) is 75.7 Å². The average molecular weight is 1180 g/mol. The lowest BCUT2D eigenvalue weighted by Crippen LogP contribution is -2.23. The first-order valence-electron chi connectivity index (χ1n) is 25.2. The summed E-state index contributed by atoms with van der Waals surface area (Å²) < 4.78 is 28.1. The van der Waals surface area contributed by atoms with Crippen molar-refractivity contribution in [3.8, 4) is 0 Å². The summed E-state index contributed by atoms with van der Waals surface area (Å²) >= 11 is 6.76. The van der Waals surface area contributed by atoms with E-state index >= 15 is 0 Å². The van der Waals surface area contributed by atoms with Crippen LogP contribution in [0, 0.1) is 11.8 Å². The summed E-state index contributed by atoms with van der Waals surface area (Å²) in [5.74, 6) is 0.216. The third-order valence-electron chi connectivity index (χ3n) is 9.23. The quantitative estimate of drug-likeness (QED) is 0.0366. The normalized spacial score (nSPS) is 14.4. The van der Waals surface area contributed by atoms with Gasteiger partial charge in [-0.2, -0.15) is 0 Å². The SMILES string of the molecule is CCCC(CCO)SC(=O)OCC.CCOC(=O)SC(C)(C)CC(C)O.CCOC(=O)SC(C)(C)CCO.CCOC(=O)SC(C)C(C)C(C)O.CCOC(=O)SC(C)C(C)CO.CCOC(=O)SC(C)C(C)O. The first-order valence-corrected chi connectivity index (χ1v) is 30.4. The molecule has 0 rings (SSSR count). The van der Waals surface area contributed by atoms with Gasteiger partial charge in [0.2, 0.25) is 0 Å². The van der Waals surface area contributed by atoms with Gasteiger partial charge >= 0.3 is 31.8 Å². The topological polar surface area (TPSA) is 279 Å². The Bertz CT molecular complexity index is 1370. The van der Waals surface area contributed by atoms with Crippen LogP contribution < -0.4 is 0 Å². The van der Waals surface area contributed by atoms with Crippen molar-refractivity contribution in [1.29, 1.82) is 0 Å². The summed E-state index contributed by atoms with van der Waals surface area (Å²) in [6, 6.07) is 0. The summed E-state index contributed by atoms with van der Waals surface area (Å²) in [6.45, 7) is 37.7. The summed E-state index contributed by atoms with van der Waals surface area (Å²) in [4.78, 5) is 65.9. The molecule has 9 unspecified atom stereocenters. The number of hydrogen-bond donors (Lipinski definition) is 6.